The zero-order valence-electron chi connectivity index (χ0n) is 34.4. The minimum Gasteiger partial charge on any atom is -0.481 e. The van der Waals surface area contributed by atoms with Crippen molar-refractivity contribution >= 4 is 17.7 Å². The Morgan fingerprint density at radius 3 is 2.38 bits per heavy atom. The maximum atomic E-state index is 13.0. The van der Waals surface area contributed by atoms with Crippen LogP contribution in [0, 0.1) is 17.8 Å². The van der Waals surface area contributed by atoms with Crippen LogP contribution in [0.2, 0.25) is 0 Å². The molecule has 0 spiro atoms. The van der Waals surface area contributed by atoms with E-state index in [1.165, 1.54) is 6.08 Å². The summed E-state index contributed by atoms with van der Waals surface area (Å²) in [5.41, 5.74) is 0.941. The molecule has 3 saturated heterocycles. The van der Waals surface area contributed by atoms with Gasteiger partial charge in [0.2, 0.25) is 0 Å². The Morgan fingerprint density at radius 1 is 0.793 bits per heavy atom. The smallest absolute Gasteiger partial charge is 0.331 e. The summed E-state index contributed by atoms with van der Waals surface area (Å²) in [7, 11) is 0. The topological polar surface area (TPSA) is 158 Å². The number of aliphatic hydroxyl groups is 2. The lowest BCUT2D eigenvalue weighted by molar-refractivity contribution is -0.163. The standard InChI is InChI=1S/C47H64O11/c1-30(17-14-15-23-44(50)51)27-31(2)47-40-26-25-34(54-47)18-10-6-5-7-11-19-35(48)46(53)43-28-36(49)32(3)37(56-43)21-16-22-38-33(4)41-29-42(55-38)39(57-41)20-12-8-9-13-24-45(52)58-40/h6,8-13,16,19-20,22,24-27,30,32-35,37-43,46-48,53H,5,7,14-15,17-18,21,23,28-29H2,1-4H3,(H,50,51)/b9-8?,10-6+,19-11+,20-12?,22-16+,24-13-,31-27+/t30-,32-,33+,34-,35+,37-,38-,39+,40-,41-,42+,43+,46-,47+/m0/s1. The molecule has 6 heterocycles. The van der Waals surface area contributed by atoms with Crippen LogP contribution in [0.25, 0.3) is 0 Å². The zero-order valence-corrected chi connectivity index (χ0v) is 34.4. The minimum atomic E-state index is -1.24. The van der Waals surface area contributed by atoms with Crippen molar-refractivity contribution in [2.24, 2.45) is 17.8 Å². The monoisotopic (exact) mass is 804 g/mol. The second-order valence-electron chi connectivity index (χ2n) is 16.4. The lowest BCUT2D eigenvalue weighted by Crippen LogP contribution is -2.48. The number of esters is 1. The number of ether oxygens (including phenoxy) is 5. The van der Waals surface area contributed by atoms with Gasteiger partial charge in [0.15, 0.2) is 6.10 Å². The number of unbranched alkanes of at least 4 members (excludes halogenated alkanes) is 1. The number of ketones is 1. The van der Waals surface area contributed by atoms with Gasteiger partial charge in [-0.05, 0) is 63.0 Å². The van der Waals surface area contributed by atoms with Crippen LogP contribution in [0.15, 0.2) is 96.7 Å². The number of hydrogen-bond donors (Lipinski definition) is 3. The van der Waals surface area contributed by atoms with Gasteiger partial charge in [0.25, 0.3) is 0 Å². The van der Waals surface area contributed by atoms with Crippen molar-refractivity contribution in [2.75, 3.05) is 0 Å². The molecule has 11 nitrogen and oxygen atoms in total. The Labute approximate surface area is 343 Å². The fraction of sp³-hybridized carbons (Fsp3) is 0.596. The van der Waals surface area contributed by atoms with Crippen molar-refractivity contribution in [3.63, 3.8) is 0 Å². The maximum Gasteiger partial charge on any atom is 0.331 e. The zero-order chi connectivity index (χ0) is 41.6. The van der Waals surface area contributed by atoms with Gasteiger partial charge in [-0.3, -0.25) is 9.59 Å². The molecule has 14 atom stereocenters. The molecule has 6 aliphatic rings. The van der Waals surface area contributed by atoms with E-state index in [2.05, 4.69) is 19.9 Å². The molecule has 0 aromatic carbocycles. The van der Waals surface area contributed by atoms with E-state index in [9.17, 15) is 24.6 Å². The van der Waals surface area contributed by atoms with Crippen LogP contribution in [0.1, 0.15) is 91.9 Å². The summed E-state index contributed by atoms with van der Waals surface area (Å²) >= 11 is 0. The molecule has 0 aromatic heterocycles. The highest BCUT2D eigenvalue weighted by atomic mass is 16.6. The SMILES string of the molecule is C/C(=C\[C@@H](C)CCCCC(=O)O)[C@H]1O[C@@H]2C=C[C@@H]1OC(=O)/C=C\C=CC=C[C@H]1O[C@H]3C[C@H]1O[C@@H](/C=C/C[C@@H]1O[C@H](CC(=O)[C@@H]1C)[C@@H](O)[C@H](O)/C=C/CC/C=C/C2)[C@H]3C. The van der Waals surface area contributed by atoms with Crippen molar-refractivity contribution in [3.05, 3.63) is 96.7 Å². The number of carboxylic acids is 1. The molecule has 0 amide bonds. The quantitative estimate of drug-likeness (QED) is 0.138. The van der Waals surface area contributed by atoms with Crippen LogP contribution >= 0.6 is 0 Å². The fourth-order valence-corrected chi connectivity index (χ4v) is 8.23. The molecule has 0 aromatic rings. The number of carboxylic acid groups (broad SMARTS) is 1. The first-order valence-electron chi connectivity index (χ1n) is 21.2. The van der Waals surface area contributed by atoms with E-state index in [4.69, 9.17) is 28.8 Å². The predicted octanol–water partition coefficient (Wildman–Crippen LogP) is 7.01. The molecule has 58 heavy (non-hydrogen) atoms. The number of allylic oxidation sites excluding steroid dienone is 7. The largest absolute Gasteiger partial charge is 0.481 e. The average Bonchev–Trinajstić information content (AvgIpc) is 3.54. The molecular formula is C47H64O11. The van der Waals surface area contributed by atoms with E-state index in [1.807, 2.05) is 74.6 Å². The first kappa shape index (κ1) is 45.4. The molecule has 0 aliphatic carbocycles. The molecule has 6 rings (SSSR count). The summed E-state index contributed by atoms with van der Waals surface area (Å²) < 4.78 is 31.4. The Balaban J connectivity index is 1.29. The Morgan fingerprint density at radius 2 is 1.57 bits per heavy atom. The molecule has 0 unspecified atom stereocenters. The highest BCUT2D eigenvalue weighted by Gasteiger charge is 2.45. The van der Waals surface area contributed by atoms with Gasteiger partial charge in [-0.1, -0.05) is 106 Å². The van der Waals surface area contributed by atoms with Crippen LogP contribution in [0.5, 0.6) is 0 Å². The third kappa shape index (κ3) is 13.4. The van der Waals surface area contributed by atoms with E-state index in [0.717, 1.165) is 24.8 Å². The number of aliphatic hydroxyl groups excluding tert-OH is 2. The van der Waals surface area contributed by atoms with E-state index in [1.54, 1.807) is 18.2 Å². The summed E-state index contributed by atoms with van der Waals surface area (Å²) in [6, 6.07) is 0. The van der Waals surface area contributed by atoms with Crippen LogP contribution in [0.4, 0.5) is 0 Å². The van der Waals surface area contributed by atoms with Gasteiger partial charge in [-0.25, -0.2) is 4.79 Å². The molecular weight excluding hydrogens is 741 g/mol. The van der Waals surface area contributed by atoms with Crippen LogP contribution in [-0.4, -0.2) is 100 Å². The summed E-state index contributed by atoms with van der Waals surface area (Å²) in [4.78, 5) is 36.9. The van der Waals surface area contributed by atoms with Crippen LogP contribution in [-0.2, 0) is 38.1 Å². The van der Waals surface area contributed by atoms with Gasteiger partial charge in [0.05, 0.1) is 36.6 Å². The summed E-state index contributed by atoms with van der Waals surface area (Å²) in [6.07, 6.45) is 28.1. The second kappa shape index (κ2) is 22.6. The number of rotatable bonds is 7. The van der Waals surface area contributed by atoms with Crippen LogP contribution in [0.3, 0.4) is 0 Å². The van der Waals surface area contributed by atoms with E-state index in [0.29, 0.717) is 32.1 Å². The molecule has 7 bridgehead atoms. The number of carbonyl (C=O) groups excluding carboxylic acids is 2. The molecule has 11 heteroatoms. The van der Waals surface area contributed by atoms with E-state index >= 15 is 0 Å². The van der Waals surface area contributed by atoms with Gasteiger partial charge in [0.1, 0.15) is 30.2 Å². The lowest BCUT2D eigenvalue weighted by Gasteiger charge is -2.36. The van der Waals surface area contributed by atoms with E-state index < -0.39 is 48.6 Å². The highest BCUT2D eigenvalue weighted by Crippen LogP contribution is 2.38. The first-order chi connectivity index (χ1) is 27.9. The third-order valence-electron chi connectivity index (χ3n) is 11.8. The Bertz CT molecular complexity index is 1620. The van der Waals surface area contributed by atoms with Gasteiger partial charge >= 0.3 is 11.9 Å². The molecule has 6 aliphatic heterocycles. The molecule has 318 valence electrons. The minimum absolute atomic E-state index is 0.00740. The summed E-state index contributed by atoms with van der Waals surface area (Å²) in [5.74, 6) is -1.30. The molecule has 3 N–H and O–H groups in total. The Kier molecular flexibility index (Phi) is 17.7. The molecule has 0 saturated carbocycles. The lowest BCUT2D eigenvalue weighted by atomic mass is 9.87. The third-order valence-corrected chi connectivity index (χ3v) is 11.8. The number of Topliss-reactive ketones (excluding diaryl/α,β-unsaturated/α-hetero) is 1. The summed E-state index contributed by atoms with van der Waals surface area (Å²) in [6.45, 7) is 8.03. The van der Waals surface area contributed by atoms with Gasteiger partial charge in [-0.15, -0.1) is 0 Å². The molecule has 3 fully saturated rings. The van der Waals surface area contributed by atoms with Gasteiger partial charge < -0.3 is 39.0 Å². The maximum absolute atomic E-state index is 13.0. The van der Waals surface area contributed by atoms with Gasteiger partial charge in [-0.2, -0.15) is 0 Å². The number of fused-ring (bicyclic) bond motifs is 13. The van der Waals surface area contributed by atoms with Crippen LogP contribution < -0.4 is 0 Å². The van der Waals surface area contributed by atoms with Crippen molar-refractivity contribution in [1.29, 1.82) is 0 Å². The first-order valence-corrected chi connectivity index (χ1v) is 21.2. The van der Waals surface area contributed by atoms with E-state index in [-0.39, 0.29) is 66.9 Å². The average molecular weight is 805 g/mol. The fourth-order valence-electron chi connectivity index (χ4n) is 8.23. The summed E-state index contributed by atoms with van der Waals surface area (Å²) in [5, 5.41) is 30.8. The normalized spacial score (nSPS) is 39.3. The highest BCUT2D eigenvalue weighted by molar-refractivity contribution is 5.83. The second-order valence-corrected chi connectivity index (χ2v) is 16.4. The number of carbonyl (C=O) groups is 3. The number of hydrogen-bond acceptors (Lipinski definition) is 10. The van der Waals surface area contributed by atoms with Crippen molar-refractivity contribution in [3.8, 4) is 0 Å². The van der Waals surface area contributed by atoms with Crippen molar-refractivity contribution in [2.45, 2.75) is 159 Å². The molecule has 0 radical (unpaired) electrons. The predicted molar refractivity (Wildman–Crippen MR) is 221 cm³/mol. The van der Waals surface area contributed by atoms with Gasteiger partial charge in [0, 0.05) is 37.2 Å². The number of aliphatic carboxylic acids is 1. The van der Waals surface area contributed by atoms with Crippen molar-refractivity contribution < 1.29 is 53.4 Å². The van der Waals surface area contributed by atoms with Crippen molar-refractivity contribution in [1.82, 2.24) is 0 Å². The Hall–Kier alpha value is -3.71.